The van der Waals surface area contributed by atoms with Crippen molar-refractivity contribution in [2.45, 2.75) is 13.8 Å². The third-order valence-electron chi connectivity index (χ3n) is 4.88. The number of ether oxygens (including phenoxy) is 1. The van der Waals surface area contributed by atoms with E-state index in [2.05, 4.69) is 10.3 Å². The van der Waals surface area contributed by atoms with Gasteiger partial charge in [-0.3, -0.25) is 4.40 Å². The first-order chi connectivity index (χ1) is 13.9. The van der Waals surface area contributed by atoms with Gasteiger partial charge in [-0.05, 0) is 37.6 Å². The van der Waals surface area contributed by atoms with Gasteiger partial charge in [-0.25, -0.2) is 13.8 Å². The molecule has 2 aromatic heterocycles. The van der Waals surface area contributed by atoms with Gasteiger partial charge in [-0.2, -0.15) is 0 Å². The van der Waals surface area contributed by atoms with Crippen LogP contribution in [0.2, 0.25) is 0 Å². The maximum Gasteiger partial charge on any atom is 0.143 e. The number of hydrogen-bond acceptors (Lipinski definition) is 4. The fraction of sp³-hybridized carbons (Fsp3) is 0.136. The molecule has 4 rings (SSSR count). The van der Waals surface area contributed by atoms with E-state index >= 15 is 0 Å². The maximum atomic E-state index is 14.9. The van der Waals surface area contributed by atoms with Crippen LogP contribution in [0.5, 0.6) is 5.75 Å². The van der Waals surface area contributed by atoms with Crippen LogP contribution in [0.25, 0.3) is 16.9 Å². The average molecular weight is 394 g/mol. The Morgan fingerprint density at radius 3 is 2.38 bits per heavy atom. The standard InChI is InChI=1S/C22H20F2N4O/c1-12-6-4-8-17(25)20(12)27-22-21(26-18-9-5-7-13(2)28(18)22)19-15(23)10-14(29-3)11-16(19)24/h4-11,27H,25H2,1-3H3. The molecular weight excluding hydrogens is 374 g/mol. The Morgan fingerprint density at radius 2 is 1.72 bits per heavy atom. The molecule has 4 aromatic rings. The fourth-order valence-electron chi connectivity index (χ4n) is 3.42. The van der Waals surface area contributed by atoms with Gasteiger partial charge in [-0.1, -0.05) is 18.2 Å². The number of nitrogen functional groups attached to an aromatic ring is 1. The SMILES string of the molecule is COc1cc(F)c(-c2nc3cccc(C)n3c2Nc2c(C)cccc2N)c(F)c1. The number of hydrogen-bond donors (Lipinski definition) is 2. The minimum absolute atomic E-state index is 0.0985. The van der Waals surface area contributed by atoms with Gasteiger partial charge in [0.15, 0.2) is 0 Å². The number of fused-ring (bicyclic) bond motifs is 1. The summed E-state index contributed by atoms with van der Waals surface area (Å²) in [4.78, 5) is 4.52. The molecule has 0 spiro atoms. The number of methoxy groups -OCH3 is 1. The summed E-state index contributed by atoms with van der Waals surface area (Å²) in [5, 5.41) is 3.27. The van der Waals surface area contributed by atoms with Crippen molar-refractivity contribution in [3.8, 4) is 17.0 Å². The molecule has 5 nitrogen and oxygen atoms in total. The summed E-state index contributed by atoms with van der Waals surface area (Å²) in [6.45, 7) is 3.80. The number of benzene rings is 2. The van der Waals surface area contributed by atoms with Gasteiger partial charge in [0.1, 0.15) is 34.5 Å². The van der Waals surface area contributed by atoms with Crippen LogP contribution < -0.4 is 15.8 Å². The van der Waals surface area contributed by atoms with E-state index in [1.165, 1.54) is 7.11 Å². The van der Waals surface area contributed by atoms with Crippen molar-refractivity contribution in [3.63, 3.8) is 0 Å². The first kappa shape index (κ1) is 18.7. The van der Waals surface area contributed by atoms with Crippen molar-refractivity contribution in [2.75, 3.05) is 18.2 Å². The molecule has 0 radical (unpaired) electrons. The molecule has 0 bridgehead atoms. The highest BCUT2D eigenvalue weighted by molar-refractivity contribution is 5.84. The van der Waals surface area contributed by atoms with Gasteiger partial charge in [0.2, 0.25) is 0 Å². The summed E-state index contributed by atoms with van der Waals surface area (Å²) >= 11 is 0. The van der Waals surface area contributed by atoms with Crippen LogP contribution in [0.1, 0.15) is 11.3 Å². The summed E-state index contributed by atoms with van der Waals surface area (Å²) in [5.74, 6) is -0.990. The van der Waals surface area contributed by atoms with Crippen molar-refractivity contribution in [3.05, 3.63) is 71.4 Å². The molecule has 7 heteroatoms. The normalized spacial score (nSPS) is 11.1. The number of aryl methyl sites for hydroxylation is 2. The molecular formula is C22H20F2N4O. The van der Waals surface area contributed by atoms with Crippen LogP contribution in [-0.2, 0) is 0 Å². The number of nitrogens with zero attached hydrogens (tertiary/aromatic N) is 2. The minimum atomic E-state index is -0.760. The monoisotopic (exact) mass is 394 g/mol. The highest BCUT2D eigenvalue weighted by Crippen LogP contribution is 2.38. The molecule has 2 heterocycles. The van der Waals surface area contributed by atoms with E-state index in [1.54, 1.807) is 12.1 Å². The van der Waals surface area contributed by atoms with Gasteiger partial charge in [0.05, 0.1) is 24.0 Å². The molecule has 0 atom stereocenters. The first-order valence-corrected chi connectivity index (χ1v) is 9.04. The Kier molecular flexibility index (Phi) is 4.58. The number of para-hydroxylation sites is 1. The molecule has 2 aromatic carbocycles. The Labute approximate surface area is 166 Å². The fourth-order valence-corrected chi connectivity index (χ4v) is 3.42. The predicted molar refractivity (Wildman–Crippen MR) is 111 cm³/mol. The van der Waals surface area contributed by atoms with E-state index in [-0.39, 0.29) is 17.0 Å². The van der Waals surface area contributed by atoms with Crippen molar-refractivity contribution < 1.29 is 13.5 Å². The number of nitrogens with two attached hydrogens (primary N) is 1. The van der Waals surface area contributed by atoms with Crippen molar-refractivity contribution >= 4 is 22.8 Å². The second kappa shape index (κ2) is 7.09. The molecule has 0 aliphatic heterocycles. The molecule has 29 heavy (non-hydrogen) atoms. The summed E-state index contributed by atoms with van der Waals surface area (Å²) in [6.07, 6.45) is 0. The second-order valence-electron chi connectivity index (χ2n) is 6.80. The lowest BCUT2D eigenvalue weighted by atomic mass is 10.1. The zero-order chi connectivity index (χ0) is 20.7. The van der Waals surface area contributed by atoms with Crippen LogP contribution >= 0.6 is 0 Å². The molecule has 0 saturated heterocycles. The van der Waals surface area contributed by atoms with E-state index in [1.807, 2.05) is 42.5 Å². The Morgan fingerprint density at radius 1 is 1.03 bits per heavy atom. The van der Waals surface area contributed by atoms with Crippen LogP contribution in [0.4, 0.5) is 26.0 Å². The summed E-state index contributed by atoms with van der Waals surface area (Å²) < 4.78 is 36.5. The van der Waals surface area contributed by atoms with Crippen LogP contribution in [0.3, 0.4) is 0 Å². The zero-order valence-corrected chi connectivity index (χ0v) is 16.3. The molecule has 148 valence electrons. The summed E-state index contributed by atoms with van der Waals surface area (Å²) in [7, 11) is 1.36. The summed E-state index contributed by atoms with van der Waals surface area (Å²) in [6, 6.07) is 13.3. The Hall–Kier alpha value is -3.61. The van der Waals surface area contributed by atoms with Gasteiger partial charge >= 0.3 is 0 Å². The van der Waals surface area contributed by atoms with Crippen molar-refractivity contribution in [1.82, 2.24) is 9.38 Å². The number of aromatic nitrogens is 2. The Bertz CT molecular complexity index is 1190. The topological polar surface area (TPSA) is 64.6 Å². The third-order valence-corrected chi connectivity index (χ3v) is 4.88. The number of imidazole rings is 1. The van der Waals surface area contributed by atoms with Crippen LogP contribution in [0, 0.1) is 25.5 Å². The van der Waals surface area contributed by atoms with E-state index in [0.29, 0.717) is 22.8 Å². The lowest BCUT2D eigenvalue weighted by Crippen LogP contribution is -2.04. The van der Waals surface area contributed by atoms with Gasteiger partial charge in [0, 0.05) is 17.8 Å². The zero-order valence-electron chi connectivity index (χ0n) is 16.3. The number of halogens is 2. The highest BCUT2D eigenvalue weighted by atomic mass is 19.1. The van der Waals surface area contributed by atoms with Crippen LogP contribution in [0.15, 0.2) is 48.5 Å². The number of rotatable bonds is 4. The molecule has 0 aliphatic carbocycles. The van der Waals surface area contributed by atoms with Gasteiger partial charge in [-0.15, -0.1) is 0 Å². The predicted octanol–water partition coefficient (Wildman–Crippen LogP) is 5.23. The molecule has 0 saturated carbocycles. The maximum absolute atomic E-state index is 14.9. The molecule has 0 amide bonds. The molecule has 0 aliphatic rings. The van der Waals surface area contributed by atoms with Crippen molar-refractivity contribution in [1.29, 1.82) is 0 Å². The quantitative estimate of drug-likeness (QED) is 0.465. The summed E-state index contributed by atoms with van der Waals surface area (Å²) in [5.41, 5.74) is 9.56. The average Bonchev–Trinajstić information content (AvgIpc) is 3.03. The number of nitrogens with one attached hydrogen (secondary N) is 1. The largest absolute Gasteiger partial charge is 0.497 e. The first-order valence-electron chi connectivity index (χ1n) is 9.04. The van der Waals surface area contributed by atoms with E-state index < -0.39 is 11.6 Å². The van der Waals surface area contributed by atoms with Crippen molar-refractivity contribution in [2.24, 2.45) is 0 Å². The third kappa shape index (κ3) is 3.14. The molecule has 3 N–H and O–H groups in total. The molecule has 0 fully saturated rings. The van der Waals surface area contributed by atoms with Gasteiger partial charge in [0.25, 0.3) is 0 Å². The van der Waals surface area contributed by atoms with E-state index in [4.69, 9.17) is 10.5 Å². The van der Waals surface area contributed by atoms with E-state index in [0.717, 1.165) is 23.4 Å². The van der Waals surface area contributed by atoms with Crippen LogP contribution in [-0.4, -0.2) is 16.5 Å². The second-order valence-corrected chi connectivity index (χ2v) is 6.80. The smallest absolute Gasteiger partial charge is 0.143 e. The Balaban J connectivity index is 2.01. The minimum Gasteiger partial charge on any atom is -0.497 e. The lowest BCUT2D eigenvalue weighted by Gasteiger charge is -2.15. The highest BCUT2D eigenvalue weighted by Gasteiger charge is 2.23. The lowest BCUT2D eigenvalue weighted by molar-refractivity contribution is 0.407. The number of pyridine rings is 1. The van der Waals surface area contributed by atoms with Gasteiger partial charge < -0.3 is 15.8 Å². The number of anilines is 3. The molecule has 0 unspecified atom stereocenters. The van der Waals surface area contributed by atoms with E-state index in [9.17, 15) is 8.78 Å².